The lowest BCUT2D eigenvalue weighted by molar-refractivity contribution is -0.142. The molecule has 2 aromatic rings. The van der Waals surface area contributed by atoms with Crippen LogP contribution >= 0.6 is 0 Å². The van der Waals surface area contributed by atoms with E-state index in [0.717, 1.165) is 22.3 Å². The van der Waals surface area contributed by atoms with Crippen LogP contribution in [0.1, 0.15) is 43.7 Å². The lowest BCUT2D eigenvalue weighted by Gasteiger charge is -2.24. The van der Waals surface area contributed by atoms with Crippen LogP contribution in [0.15, 0.2) is 48.5 Å². The number of carbonyl (C=O) groups is 4. The molecule has 0 spiro atoms. The quantitative estimate of drug-likeness (QED) is 0.138. The van der Waals surface area contributed by atoms with Gasteiger partial charge in [-0.3, -0.25) is 9.59 Å². The maximum Gasteiger partial charge on any atom is 0.407 e. The van der Waals surface area contributed by atoms with Crippen molar-refractivity contribution in [1.29, 1.82) is 0 Å². The van der Waals surface area contributed by atoms with Crippen LogP contribution in [-0.2, 0) is 38.1 Å². The first-order valence-corrected chi connectivity index (χ1v) is 15.9. The first kappa shape index (κ1) is 37.4. The van der Waals surface area contributed by atoms with Gasteiger partial charge in [0.05, 0.1) is 46.2 Å². The molecule has 0 radical (unpaired) electrons. The summed E-state index contributed by atoms with van der Waals surface area (Å²) in [6.45, 7) is 6.70. The van der Waals surface area contributed by atoms with Gasteiger partial charge in [0, 0.05) is 26.0 Å². The van der Waals surface area contributed by atoms with Crippen molar-refractivity contribution in [2.75, 3.05) is 66.5 Å². The summed E-state index contributed by atoms with van der Waals surface area (Å²) >= 11 is 0. The van der Waals surface area contributed by atoms with Crippen molar-refractivity contribution in [3.05, 3.63) is 59.7 Å². The van der Waals surface area contributed by atoms with Gasteiger partial charge < -0.3 is 44.7 Å². The molecule has 47 heavy (non-hydrogen) atoms. The number of carboxylic acids is 1. The van der Waals surface area contributed by atoms with Gasteiger partial charge in [-0.1, -0.05) is 62.4 Å². The minimum Gasteiger partial charge on any atom is -0.480 e. The molecule has 2 atom stereocenters. The van der Waals surface area contributed by atoms with Gasteiger partial charge in [-0.15, -0.1) is 0 Å². The molecular weight excluding hydrogens is 610 g/mol. The van der Waals surface area contributed by atoms with E-state index in [1.54, 1.807) is 21.0 Å². The highest BCUT2D eigenvalue weighted by Gasteiger charge is 2.32. The standard InChI is InChI=1S/C34H47N3O10/c1-23(2)31(37-34(42)47-22-28-26-10-6-4-8-24(26)25-9-5-7-11-27(25)28)32(39)36-29(33(40)41)12-13-30(38)35-14-15-44-18-19-46-21-20-45-17-16-43-3/h4-11,23,28-29,31H,12-22H2,1-3H3,(H,35,38)(H,36,39)(H,37,42)(H,40,41). The summed E-state index contributed by atoms with van der Waals surface area (Å²) in [4.78, 5) is 50.1. The van der Waals surface area contributed by atoms with Crippen LogP contribution in [0.4, 0.5) is 4.79 Å². The van der Waals surface area contributed by atoms with Gasteiger partial charge in [-0.25, -0.2) is 9.59 Å². The van der Waals surface area contributed by atoms with Crippen molar-refractivity contribution in [3.63, 3.8) is 0 Å². The zero-order valence-corrected chi connectivity index (χ0v) is 27.3. The van der Waals surface area contributed by atoms with Crippen LogP contribution in [0.5, 0.6) is 0 Å². The first-order valence-electron chi connectivity index (χ1n) is 15.9. The Labute approximate surface area is 275 Å². The van der Waals surface area contributed by atoms with Crippen LogP contribution < -0.4 is 16.0 Å². The van der Waals surface area contributed by atoms with Crippen LogP contribution in [0.2, 0.25) is 0 Å². The molecule has 0 fully saturated rings. The van der Waals surface area contributed by atoms with E-state index in [4.69, 9.17) is 23.7 Å². The molecule has 2 aromatic carbocycles. The Morgan fingerprint density at radius 2 is 1.34 bits per heavy atom. The number of alkyl carbamates (subject to hydrolysis) is 1. The van der Waals surface area contributed by atoms with Crippen molar-refractivity contribution < 1.29 is 48.0 Å². The molecule has 0 bridgehead atoms. The second kappa shape index (κ2) is 20.3. The predicted molar refractivity (Wildman–Crippen MR) is 173 cm³/mol. The number of nitrogens with one attached hydrogen (secondary N) is 3. The zero-order chi connectivity index (χ0) is 34.0. The molecule has 0 saturated carbocycles. The molecule has 13 nitrogen and oxygen atoms in total. The van der Waals surface area contributed by atoms with E-state index < -0.39 is 30.1 Å². The monoisotopic (exact) mass is 657 g/mol. The average molecular weight is 658 g/mol. The number of rotatable bonds is 22. The normalized spacial score (nSPS) is 13.4. The smallest absolute Gasteiger partial charge is 0.407 e. The van der Waals surface area contributed by atoms with Crippen LogP contribution in [-0.4, -0.2) is 108 Å². The number of methoxy groups -OCH3 is 1. The summed E-state index contributed by atoms with van der Waals surface area (Å²) in [5.41, 5.74) is 4.30. The lowest BCUT2D eigenvalue weighted by atomic mass is 9.98. The van der Waals surface area contributed by atoms with Crippen LogP contribution in [0.3, 0.4) is 0 Å². The highest BCUT2D eigenvalue weighted by molar-refractivity contribution is 5.90. The number of fused-ring (bicyclic) bond motifs is 3. The van der Waals surface area contributed by atoms with E-state index in [9.17, 15) is 24.3 Å². The van der Waals surface area contributed by atoms with Crippen molar-refractivity contribution in [2.24, 2.45) is 5.92 Å². The highest BCUT2D eigenvalue weighted by atomic mass is 16.6. The topological polar surface area (TPSA) is 171 Å². The second-order valence-electron chi connectivity index (χ2n) is 11.3. The van der Waals surface area contributed by atoms with E-state index >= 15 is 0 Å². The Kier molecular flexibility index (Phi) is 16.1. The molecule has 13 heteroatoms. The highest BCUT2D eigenvalue weighted by Crippen LogP contribution is 2.44. The third-order valence-electron chi connectivity index (χ3n) is 7.59. The van der Waals surface area contributed by atoms with Crippen LogP contribution in [0, 0.1) is 5.92 Å². The Balaban J connectivity index is 1.37. The number of benzene rings is 2. The molecule has 1 aliphatic carbocycles. The van der Waals surface area contributed by atoms with Crippen LogP contribution in [0.25, 0.3) is 11.1 Å². The molecule has 0 aromatic heterocycles. The average Bonchev–Trinajstić information content (AvgIpc) is 3.38. The number of carbonyl (C=O) groups excluding carboxylic acids is 3. The van der Waals surface area contributed by atoms with E-state index in [1.165, 1.54) is 0 Å². The van der Waals surface area contributed by atoms with E-state index in [2.05, 4.69) is 16.0 Å². The Morgan fingerprint density at radius 3 is 1.89 bits per heavy atom. The second-order valence-corrected chi connectivity index (χ2v) is 11.3. The largest absolute Gasteiger partial charge is 0.480 e. The summed E-state index contributed by atoms with van der Waals surface area (Å²) in [6.07, 6.45) is -1.05. The number of carboxylic acid groups (broad SMARTS) is 1. The molecule has 1 aliphatic rings. The first-order chi connectivity index (χ1) is 22.7. The maximum atomic E-state index is 13.1. The number of hydrogen-bond donors (Lipinski definition) is 4. The number of hydrogen-bond acceptors (Lipinski definition) is 9. The van der Waals surface area contributed by atoms with Gasteiger partial charge in [0.1, 0.15) is 18.7 Å². The van der Waals surface area contributed by atoms with Gasteiger partial charge in [0.15, 0.2) is 0 Å². The Bertz CT molecular complexity index is 1260. The molecular formula is C34H47N3O10. The van der Waals surface area contributed by atoms with Crippen molar-refractivity contribution in [1.82, 2.24) is 16.0 Å². The minimum atomic E-state index is -1.33. The minimum absolute atomic E-state index is 0.0725. The number of amides is 3. The Morgan fingerprint density at radius 1 is 0.787 bits per heavy atom. The van der Waals surface area contributed by atoms with Gasteiger partial charge in [-0.2, -0.15) is 0 Å². The molecule has 258 valence electrons. The summed E-state index contributed by atoms with van der Waals surface area (Å²) in [5, 5.41) is 17.4. The van der Waals surface area contributed by atoms with E-state index in [0.29, 0.717) is 39.6 Å². The van der Waals surface area contributed by atoms with Gasteiger partial charge in [-0.05, 0) is 34.6 Å². The zero-order valence-electron chi connectivity index (χ0n) is 27.3. The maximum absolute atomic E-state index is 13.1. The lowest BCUT2D eigenvalue weighted by Crippen LogP contribution is -2.54. The van der Waals surface area contributed by atoms with Crippen molar-refractivity contribution in [2.45, 2.75) is 44.7 Å². The Hall–Kier alpha value is -4.04. The van der Waals surface area contributed by atoms with E-state index in [1.807, 2.05) is 48.5 Å². The third kappa shape index (κ3) is 12.2. The molecule has 3 rings (SSSR count). The fraction of sp³-hybridized carbons (Fsp3) is 0.529. The molecule has 0 heterocycles. The summed E-state index contributed by atoms with van der Waals surface area (Å²) in [7, 11) is 1.60. The fourth-order valence-electron chi connectivity index (χ4n) is 5.13. The molecule has 3 amide bonds. The molecule has 4 N–H and O–H groups in total. The van der Waals surface area contributed by atoms with Crippen molar-refractivity contribution >= 4 is 23.9 Å². The number of ether oxygens (including phenoxy) is 5. The third-order valence-corrected chi connectivity index (χ3v) is 7.59. The summed E-state index contributed by atoms with van der Waals surface area (Å²) < 4.78 is 26.5. The van der Waals surface area contributed by atoms with Crippen molar-refractivity contribution in [3.8, 4) is 11.1 Å². The molecule has 2 unspecified atom stereocenters. The molecule has 0 aliphatic heterocycles. The van der Waals surface area contributed by atoms with Gasteiger partial charge in [0.25, 0.3) is 0 Å². The molecule has 0 saturated heterocycles. The summed E-state index contributed by atoms with van der Waals surface area (Å²) in [6, 6.07) is 13.5. The summed E-state index contributed by atoms with van der Waals surface area (Å²) in [5.74, 6) is -2.87. The predicted octanol–water partition coefficient (Wildman–Crippen LogP) is 2.71. The van der Waals surface area contributed by atoms with E-state index in [-0.39, 0.29) is 50.3 Å². The number of aliphatic carboxylic acids is 1. The SMILES string of the molecule is COCCOCCOCCOCCNC(=O)CCC(NC(=O)C(NC(=O)OCC1c2ccccc2-c2ccccc21)C(C)C)C(=O)O. The van der Waals surface area contributed by atoms with Gasteiger partial charge >= 0.3 is 12.1 Å². The van der Waals surface area contributed by atoms with Gasteiger partial charge in [0.2, 0.25) is 11.8 Å². The fourth-order valence-corrected chi connectivity index (χ4v) is 5.13.